The van der Waals surface area contributed by atoms with E-state index in [4.69, 9.17) is 0 Å². The van der Waals surface area contributed by atoms with Crippen LogP contribution in [-0.4, -0.2) is 48.8 Å². The van der Waals surface area contributed by atoms with Crippen LogP contribution in [0.2, 0.25) is 0 Å². The third-order valence-electron chi connectivity index (χ3n) is 5.01. The molecule has 0 spiro atoms. The topological polar surface area (TPSA) is 56.1 Å². The summed E-state index contributed by atoms with van der Waals surface area (Å²) in [6, 6.07) is 16.4. The number of rotatable bonds is 7. The zero-order valence-corrected chi connectivity index (χ0v) is 15.3. The highest BCUT2D eigenvalue weighted by Gasteiger charge is 2.20. The second-order valence-corrected chi connectivity index (χ2v) is 7.04. The zero-order chi connectivity index (χ0) is 18.4. The van der Waals surface area contributed by atoms with Crippen molar-refractivity contribution in [3.05, 3.63) is 70.1 Å². The van der Waals surface area contributed by atoms with E-state index in [1.54, 1.807) is 0 Å². The van der Waals surface area contributed by atoms with Gasteiger partial charge in [0.2, 0.25) is 0 Å². The number of aryl methyl sites for hydroxylation is 1. The molecule has 2 aromatic carbocycles. The van der Waals surface area contributed by atoms with Crippen LogP contribution in [0, 0.1) is 11.8 Å². The zero-order valence-electron chi connectivity index (χ0n) is 15.3. The summed E-state index contributed by atoms with van der Waals surface area (Å²) in [6.07, 6.45) is 0.122. The molecule has 0 amide bonds. The summed E-state index contributed by atoms with van der Waals surface area (Å²) in [7, 11) is 0. The summed E-state index contributed by atoms with van der Waals surface area (Å²) in [5.41, 5.74) is 4.34. The molecule has 0 aliphatic carbocycles. The van der Waals surface area contributed by atoms with Crippen LogP contribution in [0.1, 0.15) is 16.7 Å². The lowest BCUT2D eigenvalue weighted by Gasteiger charge is -2.37. The van der Waals surface area contributed by atoms with Gasteiger partial charge in [0.05, 0.1) is 6.10 Å². The lowest BCUT2D eigenvalue weighted by Crippen LogP contribution is -2.48. The Hall–Kier alpha value is -2.24. The highest BCUT2D eigenvalue weighted by molar-refractivity contribution is 5.46. The fourth-order valence-corrected chi connectivity index (χ4v) is 3.61. The van der Waals surface area contributed by atoms with Crippen LogP contribution >= 0.6 is 0 Å². The van der Waals surface area contributed by atoms with Crippen LogP contribution in [0.4, 0.5) is 5.69 Å². The number of aliphatic hydroxyl groups is 1. The summed E-state index contributed by atoms with van der Waals surface area (Å²) in [4.78, 5) is 15.3. The number of nitrogens with zero attached hydrogens (tertiary/aromatic N) is 3. The lowest BCUT2D eigenvalue weighted by atomic mass is 9.99. The first-order valence-electron chi connectivity index (χ1n) is 9.23. The fourth-order valence-electron chi connectivity index (χ4n) is 3.61. The van der Waals surface area contributed by atoms with Crippen molar-refractivity contribution in [1.82, 2.24) is 4.90 Å². The predicted molar refractivity (Wildman–Crippen MR) is 105 cm³/mol. The largest absolute Gasteiger partial charge is 0.391 e. The van der Waals surface area contributed by atoms with Gasteiger partial charge in [0, 0.05) is 38.4 Å². The quantitative estimate of drug-likeness (QED) is 0.778. The fraction of sp³-hybridized carbons (Fsp3) is 0.429. The molecule has 5 heteroatoms. The van der Waals surface area contributed by atoms with E-state index >= 15 is 0 Å². The maximum absolute atomic E-state index is 10.6. The minimum absolute atomic E-state index is 0.165. The van der Waals surface area contributed by atoms with Crippen LogP contribution in [-0.2, 0) is 13.0 Å². The van der Waals surface area contributed by atoms with Gasteiger partial charge in [-0.15, -0.1) is 0 Å². The van der Waals surface area contributed by atoms with Crippen molar-refractivity contribution < 1.29 is 5.11 Å². The molecular formula is C21H27N3O2. The minimum atomic E-state index is -0.439. The van der Waals surface area contributed by atoms with Gasteiger partial charge in [0.25, 0.3) is 0 Å². The van der Waals surface area contributed by atoms with Crippen molar-refractivity contribution in [3.8, 4) is 0 Å². The third-order valence-corrected chi connectivity index (χ3v) is 5.01. The Kier molecular flexibility index (Phi) is 6.36. The molecule has 0 bridgehead atoms. The predicted octanol–water partition coefficient (Wildman–Crippen LogP) is 2.99. The van der Waals surface area contributed by atoms with Crippen molar-refractivity contribution in [2.45, 2.75) is 26.0 Å². The van der Waals surface area contributed by atoms with Crippen molar-refractivity contribution >= 4 is 5.69 Å². The smallest absolute Gasteiger partial charge is 0.106 e. The molecule has 1 unspecified atom stereocenters. The lowest BCUT2D eigenvalue weighted by molar-refractivity contribution is 0.109. The van der Waals surface area contributed by atoms with Gasteiger partial charge in [-0.25, -0.2) is 0 Å². The summed E-state index contributed by atoms with van der Waals surface area (Å²) in [5, 5.41) is 13.6. The molecule has 0 aromatic heterocycles. The Morgan fingerprint density at radius 1 is 1.04 bits per heavy atom. The number of para-hydroxylation sites is 1. The molecule has 1 aliphatic heterocycles. The number of hydrogen-bond donors (Lipinski definition) is 1. The minimum Gasteiger partial charge on any atom is -0.391 e. The van der Waals surface area contributed by atoms with Crippen molar-refractivity contribution in [3.63, 3.8) is 0 Å². The maximum atomic E-state index is 10.6. The standard InChI is InChI=1S/C21H27N3O2/c1-17-7-8-18(15-22-26)19(13-17)14-21(25)16-23-9-11-24(12-10-23)20-5-3-2-4-6-20/h2-8,13,21,25H,9-12,14-16H2,1H3. The average Bonchev–Trinajstić information content (AvgIpc) is 2.65. The molecule has 1 heterocycles. The highest BCUT2D eigenvalue weighted by Crippen LogP contribution is 2.18. The molecule has 2 aromatic rings. The summed E-state index contributed by atoms with van der Waals surface area (Å²) in [6.45, 7) is 6.69. The summed E-state index contributed by atoms with van der Waals surface area (Å²) >= 11 is 0. The molecule has 1 saturated heterocycles. The molecule has 1 aliphatic rings. The monoisotopic (exact) mass is 353 g/mol. The molecule has 0 radical (unpaired) electrons. The normalized spacial score (nSPS) is 16.5. The molecular weight excluding hydrogens is 326 g/mol. The number of anilines is 1. The third kappa shape index (κ3) is 4.90. The summed E-state index contributed by atoms with van der Waals surface area (Å²) in [5.74, 6) is 0. The van der Waals surface area contributed by atoms with Gasteiger partial charge in [0.15, 0.2) is 0 Å². The number of β-amino-alcohol motifs (C(OH)–C–C–N with tert-alkyl or cyclic N) is 1. The molecule has 5 nitrogen and oxygen atoms in total. The van der Waals surface area contributed by atoms with Gasteiger partial charge in [-0.05, 0) is 36.6 Å². The first kappa shape index (κ1) is 18.5. The van der Waals surface area contributed by atoms with E-state index in [2.05, 4.69) is 45.3 Å². The number of hydrogen-bond acceptors (Lipinski definition) is 5. The first-order valence-corrected chi connectivity index (χ1v) is 9.23. The molecule has 1 fully saturated rings. The van der Waals surface area contributed by atoms with Crippen LogP contribution in [0.15, 0.2) is 53.7 Å². The molecule has 26 heavy (non-hydrogen) atoms. The number of benzene rings is 2. The number of piperazine rings is 1. The van der Waals surface area contributed by atoms with E-state index in [-0.39, 0.29) is 6.54 Å². The van der Waals surface area contributed by atoms with Gasteiger partial charge in [-0.2, -0.15) is 4.91 Å². The molecule has 138 valence electrons. The Balaban J connectivity index is 1.52. The summed E-state index contributed by atoms with van der Waals surface area (Å²) < 4.78 is 0. The van der Waals surface area contributed by atoms with Crippen molar-refractivity contribution in [2.24, 2.45) is 5.18 Å². The van der Waals surface area contributed by atoms with E-state index in [9.17, 15) is 10.0 Å². The second-order valence-electron chi connectivity index (χ2n) is 7.04. The molecule has 1 N–H and O–H groups in total. The maximum Gasteiger partial charge on any atom is 0.106 e. The van der Waals surface area contributed by atoms with E-state index in [0.717, 1.165) is 42.9 Å². The molecule has 1 atom stereocenters. The first-order chi connectivity index (χ1) is 12.7. The van der Waals surface area contributed by atoms with Gasteiger partial charge in [-0.1, -0.05) is 47.1 Å². The average molecular weight is 353 g/mol. The van der Waals surface area contributed by atoms with Crippen LogP contribution in [0.5, 0.6) is 0 Å². The number of aliphatic hydroxyl groups excluding tert-OH is 1. The van der Waals surface area contributed by atoms with Gasteiger partial charge < -0.3 is 10.0 Å². The van der Waals surface area contributed by atoms with Gasteiger partial charge in [0.1, 0.15) is 6.54 Å². The van der Waals surface area contributed by atoms with Crippen LogP contribution < -0.4 is 4.90 Å². The Bertz CT molecular complexity index is 712. The van der Waals surface area contributed by atoms with Gasteiger partial charge in [-0.3, -0.25) is 4.90 Å². The van der Waals surface area contributed by atoms with Crippen LogP contribution in [0.3, 0.4) is 0 Å². The van der Waals surface area contributed by atoms with E-state index in [0.29, 0.717) is 13.0 Å². The van der Waals surface area contributed by atoms with Crippen molar-refractivity contribution in [2.75, 3.05) is 37.6 Å². The van der Waals surface area contributed by atoms with E-state index in [1.807, 2.05) is 25.1 Å². The van der Waals surface area contributed by atoms with E-state index in [1.165, 1.54) is 5.69 Å². The molecule has 3 rings (SSSR count). The SMILES string of the molecule is Cc1ccc(CN=O)c(CC(O)CN2CCN(c3ccccc3)CC2)c1. The highest BCUT2D eigenvalue weighted by atomic mass is 16.3. The van der Waals surface area contributed by atoms with Crippen molar-refractivity contribution in [1.29, 1.82) is 0 Å². The van der Waals surface area contributed by atoms with Gasteiger partial charge >= 0.3 is 0 Å². The Morgan fingerprint density at radius 3 is 2.46 bits per heavy atom. The molecule has 0 saturated carbocycles. The van der Waals surface area contributed by atoms with E-state index < -0.39 is 6.10 Å². The Labute approximate surface area is 155 Å². The number of nitroso groups, excluding NO2 is 1. The van der Waals surface area contributed by atoms with Crippen LogP contribution in [0.25, 0.3) is 0 Å². The Morgan fingerprint density at radius 2 is 1.77 bits per heavy atom. The second kappa shape index (κ2) is 8.92.